The fraction of sp³-hybridized carbons (Fsp3) is 0.333. The van der Waals surface area contributed by atoms with Crippen LogP contribution in [0, 0.1) is 0 Å². The predicted molar refractivity (Wildman–Crippen MR) is 47.9 cm³/mol. The van der Waals surface area contributed by atoms with Gasteiger partial charge in [-0.25, -0.2) is 0 Å². The molecule has 1 aromatic carbocycles. The van der Waals surface area contributed by atoms with Gasteiger partial charge >= 0.3 is 0 Å². The van der Waals surface area contributed by atoms with Gasteiger partial charge in [0.05, 0.1) is 0 Å². The quantitative estimate of drug-likeness (QED) is 0.583. The summed E-state index contributed by atoms with van der Waals surface area (Å²) in [5, 5.41) is 0. The zero-order chi connectivity index (χ0) is 7.23. The molecule has 0 fully saturated rings. The van der Waals surface area contributed by atoms with Crippen LogP contribution >= 0.6 is 8.58 Å². The van der Waals surface area contributed by atoms with Crippen molar-refractivity contribution in [2.24, 2.45) is 0 Å². The molecule has 0 nitrogen and oxygen atoms in total. The summed E-state index contributed by atoms with van der Waals surface area (Å²) in [5.41, 5.74) is 1.46. The number of aryl methyl sites for hydroxylation is 1. The molecule has 10 heavy (non-hydrogen) atoms. The number of hydrogen-bond donors (Lipinski definition) is 0. The lowest BCUT2D eigenvalue weighted by Crippen LogP contribution is -1.84. The van der Waals surface area contributed by atoms with Crippen LogP contribution in [0.4, 0.5) is 0 Å². The monoisotopic (exact) mass is 151 g/mol. The van der Waals surface area contributed by atoms with Crippen molar-refractivity contribution < 1.29 is 0 Å². The molecular weight excluding hydrogens is 139 g/mol. The molecule has 0 amide bonds. The van der Waals surface area contributed by atoms with Crippen LogP contribution in [0.3, 0.4) is 0 Å². The molecule has 53 valence electrons. The Morgan fingerprint density at radius 1 is 1.20 bits per heavy atom. The van der Waals surface area contributed by atoms with Crippen LogP contribution in [0.5, 0.6) is 0 Å². The lowest BCUT2D eigenvalue weighted by atomic mass is 10.2. The van der Waals surface area contributed by atoms with Crippen molar-refractivity contribution in [3.8, 4) is 0 Å². The minimum atomic E-state index is 1.22. The Morgan fingerprint density at radius 2 is 1.90 bits per heavy atom. The van der Waals surface area contributed by atoms with Crippen molar-refractivity contribution in [3.05, 3.63) is 35.9 Å². The Balaban J connectivity index is 2.43. The van der Waals surface area contributed by atoms with Crippen LogP contribution in [-0.2, 0) is 6.42 Å². The minimum absolute atomic E-state index is 1.22. The third-order valence-corrected chi connectivity index (χ3v) is 2.14. The van der Waals surface area contributed by atoms with Gasteiger partial charge in [-0.05, 0) is 24.8 Å². The Hall–Kier alpha value is -0.350. The van der Waals surface area contributed by atoms with Crippen molar-refractivity contribution >= 4 is 8.58 Å². The Bertz CT molecular complexity index is 169. The summed E-state index contributed by atoms with van der Waals surface area (Å²) in [6.45, 7) is 2.20. The third kappa shape index (κ3) is 2.49. The summed E-state index contributed by atoms with van der Waals surface area (Å²) >= 11 is 0. The maximum Gasteiger partial charge on any atom is -0.0236 e. The van der Waals surface area contributed by atoms with E-state index >= 15 is 0 Å². The maximum atomic E-state index is 2.20. The fourth-order valence-corrected chi connectivity index (χ4v) is 1.37. The highest BCUT2D eigenvalue weighted by molar-refractivity contribution is 7.36. The average molecular weight is 151 g/mol. The molecule has 0 N–H and O–H groups in total. The number of hydrogen-bond acceptors (Lipinski definition) is 0. The van der Waals surface area contributed by atoms with Crippen molar-refractivity contribution in [2.45, 2.75) is 6.42 Å². The van der Waals surface area contributed by atoms with Gasteiger partial charge in [0.15, 0.2) is 0 Å². The van der Waals surface area contributed by atoms with Crippen molar-refractivity contribution in [2.75, 3.05) is 12.8 Å². The summed E-state index contributed by atoms with van der Waals surface area (Å²) in [4.78, 5) is 0. The third-order valence-electron chi connectivity index (χ3n) is 1.47. The van der Waals surface area contributed by atoms with Crippen LogP contribution in [0.2, 0.25) is 0 Å². The van der Waals surface area contributed by atoms with E-state index in [1.807, 2.05) is 0 Å². The van der Waals surface area contributed by atoms with Crippen LogP contribution < -0.4 is 0 Å². The van der Waals surface area contributed by atoms with Crippen molar-refractivity contribution in [1.82, 2.24) is 0 Å². The van der Waals surface area contributed by atoms with E-state index in [1.165, 1.54) is 26.7 Å². The molecule has 0 saturated heterocycles. The zero-order valence-electron chi connectivity index (χ0n) is 6.25. The van der Waals surface area contributed by atoms with Crippen LogP contribution in [0.1, 0.15) is 5.56 Å². The minimum Gasteiger partial charge on any atom is -0.0841 e. The first-order chi connectivity index (χ1) is 4.93. The van der Waals surface area contributed by atoms with E-state index in [4.69, 9.17) is 0 Å². The topological polar surface area (TPSA) is 0 Å². The highest BCUT2D eigenvalue weighted by Crippen LogP contribution is 2.07. The molecular formula is C9H12P. The molecule has 1 rings (SSSR count). The van der Waals surface area contributed by atoms with Gasteiger partial charge in [0.1, 0.15) is 0 Å². The largest absolute Gasteiger partial charge is 0.0841 e. The molecule has 0 saturated carbocycles. The van der Waals surface area contributed by atoms with Gasteiger partial charge in [0.2, 0.25) is 0 Å². The molecule has 1 radical (unpaired) electrons. The molecule has 1 aromatic rings. The summed E-state index contributed by atoms with van der Waals surface area (Å²) in [6, 6.07) is 10.6. The molecule has 1 heteroatoms. The molecule has 0 atom stereocenters. The smallest absolute Gasteiger partial charge is 0.0236 e. The summed E-state index contributed by atoms with van der Waals surface area (Å²) < 4.78 is 0. The molecule has 0 heterocycles. The van der Waals surface area contributed by atoms with Crippen molar-refractivity contribution in [3.63, 3.8) is 0 Å². The van der Waals surface area contributed by atoms with Gasteiger partial charge in [-0.3, -0.25) is 0 Å². The van der Waals surface area contributed by atoms with Gasteiger partial charge in [0, 0.05) is 0 Å². The van der Waals surface area contributed by atoms with Crippen LogP contribution in [0.25, 0.3) is 0 Å². The lowest BCUT2D eigenvalue weighted by Gasteiger charge is -1.96. The van der Waals surface area contributed by atoms with Crippen molar-refractivity contribution in [1.29, 1.82) is 0 Å². The van der Waals surface area contributed by atoms with E-state index in [0.717, 1.165) is 0 Å². The maximum absolute atomic E-state index is 2.20. The van der Waals surface area contributed by atoms with Gasteiger partial charge in [0.25, 0.3) is 0 Å². The zero-order valence-corrected chi connectivity index (χ0v) is 7.14. The number of benzene rings is 1. The van der Waals surface area contributed by atoms with Gasteiger partial charge in [-0.15, -0.1) is 0 Å². The SMILES string of the molecule is C[P]CCc1ccccc1. The molecule has 0 aliphatic rings. The first-order valence-corrected chi connectivity index (χ1v) is 5.05. The normalized spacial score (nSPS) is 10.9. The first kappa shape index (κ1) is 7.75. The van der Waals surface area contributed by atoms with E-state index in [1.54, 1.807) is 0 Å². The van der Waals surface area contributed by atoms with E-state index in [2.05, 4.69) is 37.0 Å². The summed E-state index contributed by atoms with van der Waals surface area (Å²) in [7, 11) is 1.49. The molecule has 0 bridgehead atoms. The van der Waals surface area contributed by atoms with Gasteiger partial charge in [-0.2, -0.15) is 0 Å². The lowest BCUT2D eigenvalue weighted by molar-refractivity contribution is 1.15. The fourth-order valence-electron chi connectivity index (χ4n) is 0.886. The first-order valence-electron chi connectivity index (χ1n) is 3.53. The highest BCUT2D eigenvalue weighted by Gasteiger charge is 1.87. The van der Waals surface area contributed by atoms with E-state index in [0.29, 0.717) is 0 Å². The summed E-state index contributed by atoms with van der Waals surface area (Å²) in [5.74, 6) is 0. The predicted octanol–water partition coefficient (Wildman–Crippen LogP) is 2.81. The van der Waals surface area contributed by atoms with Crippen LogP contribution in [0.15, 0.2) is 30.3 Å². The van der Waals surface area contributed by atoms with E-state index in [9.17, 15) is 0 Å². The molecule has 0 unspecified atom stereocenters. The second kappa shape index (κ2) is 4.46. The Morgan fingerprint density at radius 3 is 2.50 bits per heavy atom. The molecule has 0 aliphatic heterocycles. The second-order valence-corrected chi connectivity index (χ2v) is 3.36. The van der Waals surface area contributed by atoms with Gasteiger partial charge in [-0.1, -0.05) is 38.9 Å². The average Bonchev–Trinajstić information content (AvgIpc) is 2.03. The highest BCUT2D eigenvalue weighted by atomic mass is 31.1. The van der Waals surface area contributed by atoms with E-state index in [-0.39, 0.29) is 0 Å². The van der Waals surface area contributed by atoms with Crippen LogP contribution in [-0.4, -0.2) is 12.8 Å². The molecule has 0 spiro atoms. The van der Waals surface area contributed by atoms with Gasteiger partial charge < -0.3 is 0 Å². The standard InChI is InChI=1S/C9H12P/c1-10-8-7-9-5-3-2-4-6-9/h2-6H,7-8H2,1H3. The second-order valence-electron chi connectivity index (χ2n) is 2.28. The van der Waals surface area contributed by atoms with E-state index < -0.39 is 0 Å². The molecule has 0 aromatic heterocycles. The summed E-state index contributed by atoms with van der Waals surface area (Å²) in [6.07, 6.45) is 2.50. The Kier molecular flexibility index (Phi) is 3.46. The Labute approximate surface area is 64.4 Å². The number of rotatable bonds is 3. The molecule has 0 aliphatic carbocycles.